The van der Waals surface area contributed by atoms with E-state index >= 15 is 0 Å². The van der Waals surface area contributed by atoms with Gasteiger partial charge in [-0.3, -0.25) is 0 Å². The van der Waals surface area contributed by atoms with E-state index in [0.717, 1.165) is 43.1 Å². The van der Waals surface area contributed by atoms with Crippen LogP contribution >= 0.6 is 0 Å². The number of hydrogen-bond acceptors (Lipinski definition) is 4. The van der Waals surface area contributed by atoms with Crippen LogP contribution in [0.5, 0.6) is 11.5 Å². The molecule has 0 atom stereocenters. The van der Waals surface area contributed by atoms with Crippen molar-refractivity contribution in [3.63, 3.8) is 0 Å². The molecule has 1 aromatic carbocycles. The molecule has 1 N–H and O–H groups in total. The maximum atomic E-state index is 5.72. The Bertz CT molecular complexity index is 445. The van der Waals surface area contributed by atoms with E-state index in [-0.39, 0.29) is 0 Å². The molecule has 0 bridgehead atoms. The minimum absolute atomic E-state index is 0.626. The van der Waals surface area contributed by atoms with Gasteiger partial charge in [-0.1, -0.05) is 12.1 Å². The Kier molecular flexibility index (Phi) is 7.87. The summed E-state index contributed by atoms with van der Waals surface area (Å²) in [6.07, 6.45) is 2.66. The molecule has 0 aromatic heterocycles. The summed E-state index contributed by atoms with van der Waals surface area (Å²) in [5.74, 6) is 1.62. The van der Waals surface area contributed by atoms with Gasteiger partial charge in [-0.2, -0.15) is 0 Å². The molecular weight excluding hydrogens is 264 g/mol. The van der Waals surface area contributed by atoms with Crippen LogP contribution in [0.25, 0.3) is 0 Å². The van der Waals surface area contributed by atoms with Crippen LogP contribution in [0.3, 0.4) is 0 Å². The monoisotopic (exact) mass is 292 g/mol. The second kappa shape index (κ2) is 9.42. The number of allylic oxidation sites excluding steroid dienone is 1. The highest BCUT2D eigenvalue weighted by Gasteiger charge is 2.12. The summed E-state index contributed by atoms with van der Waals surface area (Å²) in [4.78, 5) is 2.16. The van der Waals surface area contributed by atoms with Gasteiger partial charge in [0.05, 0.1) is 13.7 Å². The van der Waals surface area contributed by atoms with Gasteiger partial charge in [0.15, 0.2) is 11.5 Å². The van der Waals surface area contributed by atoms with Gasteiger partial charge in [0.2, 0.25) is 0 Å². The van der Waals surface area contributed by atoms with E-state index in [4.69, 9.17) is 9.47 Å². The van der Waals surface area contributed by atoms with Gasteiger partial charge in [0.25, 0.3) is 0 Å². The van der Waals surface area contributed by atoms with Gasteiger partial charge in [-0.05, 0) is 39.1 Å². The Labute approximate surface area is 128 Å². The number of ether oxygens (including phenoxy) is 2. The van der Waals surface area contributed by atoms with Gasteiger partial charge in [0.1, 0.15) is 0 Å². The fourth-order valence-corrected chi connectivity index (χ4v) is 2.13. The van der Waals surface area contributed by atoms with E-state index in [0.29, 0.717) is 6.61 Å². The third-order valence-corrected chi connectivity index (χ3v) is 3.13. The van der Waals surface area contributed by atoms with E-state index in [1.165, 1.54) is 5.56 Å². The summed E-state index contributed by atoms with van der Waals surface area (Å²) < 4.78 is 11.2. The molecule has 0 amide bonds. The molecule has 0 saturated heterocycles. The van der Waals surface area contributed by atoms with Crippen molar-refractivity contribution < 1.29 is 9.47 Å². The van der Waals surface area contributed by atoms with Crippen molar-refractivity contribution >= 4 is 0 Å². The van der Waals surface area contributed by atoms with Crippen molar-refractivity contribution in [2.45, 2.75) is 19.9 Å². The lowest BCUT2D eigenvalue weighted by molar-refractivity contribution is 0.308. The zero-order valence-corrected chi connectivity index (χ0v) is 13.7. The van der Waals surface area contributed by atoms with Crippen LogP contribution < -0.4 is 14.8 Å². The van der Waals surface area contributed by atoms with Gasteiger partial charge in [0, 0.05) is 25.2 Å². The van der Waals surface area contributed by atoms with Gasteiger partial charge in [-0.15, -0.1) is 6.58 Å². The highest BCUT2D eigenvalue weighted by Crippen LogP contribution is 2.33. The number of nitrogens with one attached hydrogen (secondary N) is 1. The minimum Gasteiger partial charge on any atom is -0.493 e. The lowest BCUT2D eigenvalue weighted by atomic mass is 10.1. The molecule has 1 aromatic rings. The van der Waals surface area contributed by atoms with Gasteiger partial charge in [-0.25, -0.2) is 0 Å². The topological polar surface area (TPSA) is 33.7 Å². The third kappa shape index (κ3) is 5.78. The first-order valence-corrected chi connectivity index (χ1v) is 7.41. The Morgan fingerprint density at radius 2 is 2.10 bits per heavy atom. The maximum absolute atomic E-state index is 5.72. The molecule has 0 aliphatic rings. The summed E-state index contributed by atoms with van der Waals surface area (Å²) in [7, 11) is 5.83. The smallest absolute Gasteiger partial charge is 0.164 e. The number of methoxy groups -OCH3 is 1. The predicted octanol–water partition coefficient (Wildman–Crippen LogP) is 2.47. The quantitative estimate of drug-likeness (QED) is 0.530. The summed E-state index contributed by atoms with van der Waals surface area (Å²) in [6, 6.07) is 4.21. The second-order valence-corrected chi connectivity index (χ2v) is 5.19. The first-order chi connectivity index (χ1) is 10.1. The first kappa shape index (κ1) is 17.5. The van der Waals surface area contributed by atoms with Crippen molar-refractivity contribution in [2.24, 2.45) is 0 Å². The largest absolute Gasteiger partial charge is 0.493 e. The summed E-state index contributed by atoms with van der Waals surface area (Å²) in [5, 5.41) is 3.44. The SMILES string of the molecule is C=CCc1cc(CNCCN(C)C)cc(OC)c1OCC. The predicted molar refractivity (Wildman–Crippen MR) is 88.3 cm³/mol. The summed E-state index contributed by atoms with van der Waals surface area (Å²) in [5.41, 5.74) is 2.32. The average molecular weight is 292 g/mol. The fourth-order valence-electron chi connectivity index (χ4n) is 2.13. The highest BCUT2D eigenvalue weighted by atomic mass is 16.5. The molecule has 0 fully saturated rings. The van der Waals surface area contributed by atoms with E-state index in [9.17, 15) is 0 Å². The Hall–Kier alpha value is -1.52. The Morgan fingerprint density at radius 3 is 2.67 bits per heavy atom. The number of rotatable bonds is 10. The molecule has 1 rings (SSSR count). The van der Waals surface area contributed by atoms with Crippen LogP contribution in [0.4, 0.5) is 0 Å². The maximum Gasteiger partial charge on any atom is 0.164 e. The van der Waals surface area contributed by atoms with Crippen LogP contribution in [-0.2, 0) is 13.0 Å². The molecule has 4 nitrogen and oxygen atoms in total. The van der Waals surface area contributed by atoms with E-state index in [2.05, 4.69) is 37.0 Å². The fraction of sp³-hybridized carbons (Fsp3) is 0.529. The minimum atomic E-state index is 0.626. The van der Waals surface area contributed by atoms with Crippen LogP contribution in [0.15, 0.2) is 24.8 Å². The standard InChI is InChI=1S/C17H28N2O2/c1-6-8-15-11-14(13-18-9-10-19(3)4)12-16(20-5)17(15)21-7-2/h6,11-12,18H,1,7-10,13H2,2-5H3. The van der Waals surface area contributed by atoms with E-state index in [1.807, 2.05) is 19.1 Å². The molecule has 21 heavy (non-hydrogen) atoms. The molecule has 0 radical (unpaired) electrons. The highest BCUT2D eigenvalue weighted by molar-refractivity contribution is 5.50. The van der Waals surface area contributed by atoms with Crippen molar-refractivity contribution in [1.82, 2.24) is 10.2 Å². The Morgan fingerprint density at radius 1 is 1.33 bits per heavy atom. The molecule has 0 heterocycles. The van der Waals surface area contributed by atoms with Crippen LogP contribution in [-0.4, -0.2) is 45.8 Å². The molecule has 0 unspecified atom stereocenters. The molecule has 4 heteroatoms. The number of nitrogens with zero attached hydrogens (tertiary/aromatic N) is 1. The second-order valence-electron chi connectivity index (χ2n) is 5.19. The van der Waals surface area contributed by atoms with Crippen LogP contribution in [0.2, 0.25) is 0 Å². The number of benzene rings is 1. The molecular formula is C17H28N2O2. The molecule has 0 spiro atoms. The summed E-state index contributed by atoms with van der Waals surface area (Å²) in [6.45, 7) is 9.22. The van der Waals surface area contributed by atoms with E-state index < -0.39 is 0 Å². The third-order valence-electron chi connectivity index (χ3n) is 3.13. The lowest BCUT2D eigenvalue weighted by Gasteiger charge is -2.16. The normalized spacial score (nSPS) is 10.7. The molecule has 0 saturated carbocycles. The van der Waals surface area contributed by atoms with Crippen LogP contribution in [0.1, 0.15) is 18.1 Å². The molecule has 0 aliphatic heterocycles. The van der Waals surface area contributed by atoms with Crippen molar-refractivity contribution in [2.75, 3.05) is 40.9 Å². The lowest BCUT2D eigenvalue weighted by Crippen LogP contribution is -2.26. The van der Waals surface area contributed by atoms with Crippen molar-refractivity contribution in [3.8, 4) is 11.5 Å². The number of hydrogen-bond donors (Lipinski definition) is 1. The molecule has 0 aliphatic carbocycles. The molecule has 118 valence electrons. The van der Waals surface area contributed by atoms with Gasteiger partial charge >= 0.3 is 0 Å². The Balaban J connectivity index is 2.84. The average Bonchev–Trinajstić information content (AvgIpc) is 2.46. The summed E-state index contributed by atoms with van der Waals surface area (Å²) >= 11 is 0. The van der Waals surface area contributed by atoms with Gasteiger partial charge < -0.3 is 19.7 Å². The first-order valence-electron chi connectivity index (χ1n) is 7.41. The van der Waals surface area contributed by atoms with Crippen molar-refractivity contribution in [3.05, 3.63) is 35.9 Å². The number of likely N-dealkylation sites (N-methyl/N-ethyl adjacent to an activating group) is 1. The van der Waals surface area contributed by atoms with Crippen LogP contribution in [0, 0.1) is 0 Å². The van der Waals surface area contributed by atoms with Crippen molar-refractivity contribution in [1.29, 1.82) is 0 Å². The zero-order chi connectivity index (χ0) is 15.7. The zero-order valence-electron chi connectivity index (χ0n) is 13.7. The van der Waals surface area contributed by atoms with E-state index in [1.54, 1.807) is 7.11 Å².